The summed E-state index contributed by atoms with van der Waals surface area (Å²) >= 11 is 29.1. The van der Waals surface area contributed by atoms with Gasteiger partial charge in [-0.2, -0.15) is 0 Å². The van der Waals surface area contributed by atoms with E-state index in [2.05, 4.69) is 164 Å². The number of hydrogen-bond donors (Lipinski definition) is 0. The molecule has 168 valence electrons. The van der Waals surface area contributed by atoms with Crippen molar-refractivity contribution in [3.63, 3.8) is 0 Å². The van der Waals surface area contributed by atoms with E-state index in [9.17, 15) is 0 Å². The van der Waals surface area contributed by atoms with Crippen molar-refractivity contribution in [2.45, 2.75) is 0 Å². The molecule has 0 radical (unpaired) electrons. The standard InChI is InChI=1S/C24H10Br8O/c25-15-5-1-11(9-19(15)29)13-3-7-17(27)23(21(13)31)33-24-18(28)8-4-14(22(24)32)12-2-6-16(26)20(30)10-12/h1-10H. The van der Waals surface area contributed by atoms with Crippen LogP contribution in [0.25, 0.3) is 22.3 Å². The molecule has 1 nitrogen and oxygen atoms in total. The van der Waals surface area contributed by atoms with Gasteiger partial charge in [0.1, 0.15) is 0 Å². The zero-order valence-electron chi connectivity index (χ0n) is 16.2. The van der Waals surface area contributed by atoms with Gasteiger partial charge >= 0.3 is 0 Å². The lowest BCUT2D eigenvalue weighted by atomic mass is 10.1. The molecule has 4 aromatic carbocycles. The molecule has 0 aliphatic carbocycles. The molecule has 0 N–H and O–H groups in total. The second-order valence-electron chi connectivity index (χ2n) is 6.84. The van der Waals surface area contributed by atoms with Crippen LogP contribution in [0.3, 0.4) is 0 Å². The quantitative estimate of drug-likeness (QED) is 0.198. The topological polar surface area (TPSA) is 9.23 Å². The maximum atomic E-state index is 6.50. The molecular weight excluding hydrogens is 943 g/mol. The van der Waals surface area contributed by atoms with E-state index in [1.54, 1.807) is 0 Å². The molecule has 4 rings (SSSR count). The van der Waals surface area contributed by atoms with Crippen LogP contribution in [-0.2, 0) is 0 Å². The van der Waals surface area contributed by atoms with Gasteiger partial charge in [0.05, 0.1) is 17.9 Å². The summed E-state index contributed by atoms with van der Waals surface area (Å²) < 4.78 is 13.8. The predicted octanol–water partition coefficient (Wildman–Crippen LogP) is 12.9. The summed E-state index contributed by atoms with van der Waals surface area (Å²) in [6, 6.07) is 20.4. The molecule has 0 atom stereocenters. The van der Waals surface area contributed by atoms with Gasteiger partial charge in [0.2, 0.25) is 0 Å². The van der Waals surface area contributed by atoms with Crippen LogP contribution >= 0.6 is 127 Å². The average Bonchev–Trinajstić information content (AvgIpc) is 2.77. The molecule has 0 amide bonds. The van der Waals surface area contributed by atoms with Crippen LogP contribution in [0.1, 0.15) is 0 Å². The molecule has 0 spiro atoms. The van der Waals surface area contributed by atoms with Crippen molar-refractivity contribution < 1.29 is 4.74 Å². The smallest absolute Gasteiger partial charge is 0.156 e. The zero-order valence-corrected chi connectivity index (χ0v) is 28.9. The van der Waals surface area contributed by atoms with Crippen LogP contribution in [-0.4, -0.2) is 0 Å². The number of benzene rings is 4. The van der Waals surface area contributed by atoms with Crippen molar-refractivity contribution in [2.75, 3.05) is 0 Å². The van der Waals surface area contributed by atoms with E-state index in [0.717, 1.165) is 58.0 Å². The highest BCUT2D eigenvalue weighted by molar-refractivity contribution is 9.13. The molecule has 0 aromatic heterocycles. The third-order valence-electron chi connectivity index (χ3n) is 4.76. The van der Waals surface area contributed by atoms with Crippen LogP contribution in [0, 0.1) is 0 Å². The highest BCUT2D eigenvalue weighted by Gasteiger charge is 2.19. The summed E-state index contributed by atoms with van der Waals surface area (Å²) in [6.07, 6.45) is 0. The fourth-order valence-corrected chi connectivity index (χ4v) is 7.04. The zero-order chi connectivity index (χ0) is 23.9. The van der Waals surface area contributed by atoms with Crippen LogP contribution in [0.5, 0.6) is 11.5 Å². The van der Waals surface area contributed by atoms with Crippen LogP contribution < -0.4 is 4.74 Å². The molecule has 33 heavy (non-hydrogen) atoms. The van der Waals surface area contributed by atoms with E-state index in [-0.39, 0.29) is 0 Å². The summed E-state index contributed by atoms with van der Waals surface area (Å²) in [5.74, 6) is 1.36. The molecule has 4 aromatic rings. The Labute approximate surface area is 259 Å². The van der Waals surface area contributed by atoms with Gasteiger partial charge in [-0.05, 0) is 186 Å². The highest BCUT2D eigenvalue weighted by atomic mass is 79.9. The fraction of sp³-hybridized carbons (Fsp3) is 0. The Morgan fingerprint density at radius 1 is 0.394 bits per heavy atom. The van der Waals surface area contributed by atoms with E-state index in [1.165, 1.54) is 0 Å². The maximum Gasteiger partial charge on any atom is 0.156 e. The Balaban J connectivity index is 1.81. The summed E-state index contributed by atoms with van der Waals surface area (Å²) in [5.41, 5.74) is 4.14. The SMILES string of the molecule is Brc1ccc(-c2ccc(Br)c(Oc3c(Br)ccc(-c4ccc(Br)c(Br)c4)c3Br)c2Br)cc1Br. The van der Waals surface area contributed by atoms with Crippen LogP contribution in [0.4, 0.5) is 0 Å². The van der Waals surface area contributed by atoms with E-state index in [1.807, 2.05) is 24.3 Å². The summed E-state index contributed by atoms with van der Waals surface area (Å²) in [7, 11) is 0. The minimum atomic E-state index is 0.682. The number of rotatable bonds is 4. The van der Waals surface area contributed by atoms with E-state index >= 15 is 0 Å². The molecular formula is C24H10Br8O. The molecule has 0 fully saturated rings. The van der Waals surface area contributed by atoms with Crippen LogP contribution in [0.2, 0.25) is 0 Å². The molecule has 0 bridgehead atoms. The van der Waals surface area contributed by atoms with Crippen LogP contribution in [0.15, 0.2) is 96.4 Å². The van der Waals surface area contributed by atoms with Gasteiger partial charge in [-0.15, -0.1) is 0 Å². The monoisotopic (exact) mass is 945 g/mol. The van der Waals surface area contributed by atoms with Crippen molar-refractivity contribution in [3.8, 4) is 33.8 Å². The summed E-state index contributed by atoms with van der Waals surface area (Å²) in [6.45, 7) is 0. The summed E-state index contributed by atoms with van der Waals surface area (Å²) in [4.78, 5) is 0. The lowest BCUT2D eigenvalue weighted by Crippen LogP contribution is -1.93. The Bertz CT molecular complexity index is 1280. The third-order valence-corrected chi connectivity index (χ3v) is 11.3. The minimum Gasteiger partial charge on any atom is -0.453 e. The number of ether oxygens (including phenoxy) is 1. The van der Waals surface area contributed by atoms with Crippen molar-refractivity contribution in [2.24, 2.45) is 0 Å². The average molecular weight is 954 g/mol. The molecule has 0 aliphatic heterocycles. The first-order chi connectivity index (χ1) is 15.7. The largest absolute Gasteiger partial charge is 0.453 e. The first kappa shape index (κ1) is 26.6. The highest BCUT2D eigenvalue weighted by Crippen LogP contribution is 2.48. The van der Waals surface area contributed by atoms with Gasteiger partial charge in [-0.3, -0.25) is 0 Å². The van der Waals surface area contributed by atoms with Crippen molar-refractivity contribution >= 4 is 127 Å². The Morgan fingerprint density at radius 2 is 0.758 bits per heavy atom. The normalized spacial score (nSPS) is 11.0. The van der Waals surface area contributed by atoms with Gasteiger partial charge < -0.3 is 4.74 Å². The van der Waals surface area contributed by atoms with Gasteiger partial charge in [-0.25, -0.2) is 0 Å². The number of halogens is 8. The Kier molecular flexibility index (Phi) is 9.08. The fourth-order valence-electron chi connectivity index (χ4n) is 3.13. The lowest BCUT2D eigenvalue weighted by molar-refractivity contribution is 0.471. The number of hydrogen-bond acceptors (Lipinski definition) is 1. The molecule has 0 unspecified atom stereocenters. The van der Waals surface area contributed by atoms with E-state index in [4.69, 9.17) is 4.74 Å². The van der Waals surface area contributed by atoms with Gasteiger partial charge in [0.15, 0.2) is 11.5 Å². The van der Waals surface area contributed by atoms with E-state index < -0.39 is 0 Å². The van der Waals surface area contributed by atoms with Crippen molar-refractivity contribution in [3.05, 3.63) is 96.4 Å². The van der Waals surface area contributed by atoms with Crippen molar-refractivity contribution in [1.82, 2.24) is 0 Å². The molecule has 0 aliphatic rings. The summed E-state index contributed by atoms with van der Waals surface area (Å²) in [5, 5.41) is 0. The van der Waals surface area contributed by atoms with Crippen molar-refractivity contribution in [1.29, 1.82) is 0 Å². The molecule has 9 heteroatoms. The second-order valence-corrected chi connectivity index (χ2v) is 13.5. The second kappa shape index (κ2) is 11.3. The maximum absolute atomic E-state index is 6.50. The van der Waals surface area contributed by atoms with Gasteiger partial charge in [-0.1, -0.05) is 24.3 Å². The Hall–Kier alpha value is 0.520. The molecule has 0 saturated heterocycles. The third kappa shape index (κ3) is 5.76. The van der Waals surface area contributed by atoms with Gasteiger partial charge in [0, 0.05) is 17.9 Å². The first-order valence-electron chi connectivity index (χ1n) is 9.22. The van der Waals surface area contributed by atoms with Gasteiger partial charge in [0.25, 0.3) is 0 Å². The van der Waals surface area contributed by atoms with E-state index in [0.29, 0.717) is 11.5 Å². The molecule has 0 heterocycles. The Morgan fingerprint density at radius 3 is 1.12 bits per heavy atom. The minimum absolute atomic E-state index is 0.682. The predicted molar refractivity (Wildman–Crippen MR) is 165 cm³/mol. The molecule has 0 saturated carbocycles. The first-order valence-corrected chi connectivity index (χ1v) is 15.6. The lowest BCUT2D eigenvalue weighted by Gasteiger charge is -2.18.